The summed E-state index contributed by atoms with van der Waals surface area (Å²) in [5.74, 6) is 0. The second-order valence-corrected chi connectivity index (χ2v) is 0.443. The van der Waals surface area contributed by atoms with Crippen LogP contribution < -0.4 is 0 Å². The van der Waals surface area contributed by atoms with Crippen LogP contribution in [0, 0.1) is 0 Å². The Balaban J connectivity index is -0.0000000450. The monoisotopic (exact) mass is 92.1 g/mol. The van der Waals surface area contributed by atoms with Gasteiger partial charge in [0.15, 0.2) is 0 Å². The molecule has 0 aliphatic heterocycles. The molecule has 0 aromatic carbocycles. The van der Waals surface area contributed by atoms with Crippen molar-refractivity contribution in [3.8, 4) is 0 Å². The molecule has 0 aromatic rings. The van der Waals surface area contributed by atoms with Crippen LogP contribution in [0.25, 0.3) is 0 Å². The highest BCUT2D eigenvalue weighted by molar-refractivity contribution is 4.61. The van der Waals surface area contributed by atoms with Gasteiger partial charge in [-0.15, -0.1) is 6.58 Å². The highest BCUT2D eigenvalue weighted by Crippen LogP contribution is 1.58. The summed E-state index contributed by atoms with van der Waals surface area (Å²) in [7, 11) is 0. The zero-order chi connectivity index (χ0) is 3.41. The second-order valence-electron chi connectivity index (χ2n) is 0.443. The van der Waals surface area contributed by atoms with Crippen LogP contribution in [0.2, 0.25) is 0 Å². The van der Waals surface area contributed by atoms with E-state index in [9.17, 15) is 4.39 Å². The van der Waals surface area contributed by atoms with Gasteiger partial charge in [0.1, 0.15) is 6.67 Å². The van der Waals surface area contributed by atoms with E-state index in [1.165, 1.54) is 6.08 Å². The predicted molar refractivity (Wildman–Crippen MR) is 29.6 cm³/mol. The summed E-state index contributed by atoms with van der Waals surface area (Å²) in [4.78, 5) is 0. The van der Waals surface area contributed by atoms with Crippen LogP contribution in [0.5, 0.6) is 0 Å². The first kappa shape index (κ1) is 17.3. The normalized spacial score (nSPS) is 4.17. The van der Waals surface area contributed by atoms with Gasteiger partial charge in [-0.25, -0.2) is 4.39 Å². The maximum absolute atomic E-state index is 10.6. The zero-order valence-electron chi connectivity index (χ0n) is 2.37. The molecule has 0 amide bonds. The third-order valence-electron chi connectivity index (χ3n) is 0.109. The molecule has 1 heteroatoms. The Morgan fingerprint density at radius 2 is 1.67 bits per heavy atom. The van der Waals surface area contributed by atoms with Gasteiger partial charge in [0.2, 0.25) is 0 Å². The van der Waals surface area contributed by atoms with Crippen molar-refractivity contribution in [3.05, 3.63) is 12.7 Å². The first-order valence-corrected chi connectivity index (χ1v) is 1.08. The van der Waals surface area contributed by atoms with Crippen LogP contribution in [0.4, 0.5) is 4.39 Å². The predicted octanol–water partition coefficient (Wildman–Crippen LogP) is 2.41. The molecule has 0 nitrogen and oxygen atoms in total. The van der Waals surface area contributed by atoms with Gasteiger partial charge in [0.25, 0.3) is 0 Å². The van der Waals surface area contributed by atoms with E-state index in [0.717, 1.165) is 0 Å². The lowest BCUT2D eigenvalue weighted by molar-refractivity contribution is 0.562. The number of hydrogen-bond acceptors (Lipinski definition) is 0. The van der Waals surface area contributed by atoms with Gasteiger partial charge in [0.05, 0.1) is 0 Å². The van der Waals surface area contributed by atoms with Crippen molar-refractivity contribution in [1.82, 2.24) is 0 Å². The van der Waals surface area contributed by atoms with Crippen molar-refractivity contribution < 1.29 is 4.39 Å². The summed E-state index contributed by atoms with van der Waals surface area (Å²) < 4.78 is 10.6. The van der Waals surface area contributed by atoms with Crippen LogP contribution in [0.15, 0.2) is 12.7 Å². The van der Waals surface area contributed by atoms with Gasteiger partial charge in [0, 0.05) is 0 Å². The van der Waals surface area contributed by atoms with Crippen molar-refractivity contribution in [2.45, 2.75) is 14.9 Å². The highest BCUT2D eigenvalue weighted by Gasteiger charge is 1.49. The van der Waals surface area contributed by atoms with E-state index >= 15 is 0 Å². The molecule has 40 valence electrons. The topological polar surface area (TPSA) is 0 Å². The molecule has 0 aromatic heterocycles. The molecule has 0 fully saturated rings. The van der Waals surface area contributed by atoms with Gasteiger partial charge in [-0.3, -0.25) is 0 Å². The number of hydrogen-bond donors (Lipinski definition) is 0. The van der Waals surface area contributed by atoms with Crippen LogP contribution in [-0.4, -0.2) is 6.67 Å². The fourth-order valence-electron chi connectivity index (χ4n) is 0. The van der Waals surface area contributed by atoms with Crippen LogP contribution in [0.1, 0.15) is 14.9 Å². The fraction of sp³-hybridized carbons (Fsp3) is 0.600. The standard InChI is InChI=1S/C3H5F.2CH4/c1-2-3-4;;/h2H,1,3H2;2*1H4. The molecule has 0 saturated carbocycles. The minimum atomic E-state index is -0.417. The van der Waals surface area contributed by atoms with Crippen molar-refractivity contribution in [1.29, 1.82) is 0 Å². The Kier molecular flexibility index (Phi) is 65.2. The van der Waals surface area contributed by atoms with E-state index in [2.05, 4.69) is 6.58 Å². The third-order valence-corrected chi connectivity index (χ3v) is 0.109. The van der Waals surface area contributed by atoms with Gasteiger partial charge in [-0.05, 0) is 0 Å². The first-order valence-electron chi connectivity index (χ1n) is 1.08. The smallest absolute Gasteiger partial charge is 0.107 e. The number of rotatable bonds is 1. The average Bonchev–Trinajstić information content (AvgIpc) is 1.37. The maximum atomic E-state index is 10.6. The van der Waals surface area contributed by atoms with Gasteiger partial charge in [-0.1, -0.05) is 20.9 Å². The lowest BCUT2D eigenvalue weighted by Gasteiger charge is -1.54. The average molecular weight is 92.2 g/mol. The summed E-state index contributed by atoms with van der Waals surface area (Å²) in [6.07, 6.45) is 1.21. The van der Waals surface area contributed by atoms with Crippen LogP contribution in [-0.2, 0) is 0 Å². The Morgan fingerprint density at radius 1 is 1.50 bits per heavy atom. The third kappa shape index (κ3) is 58.3. The largest absolute Gasteiger partial charge is 0.247 e. The molecule has 0 saturated heterocycles. The molecule has 0 aliphatic rings. The second kappa shape index (κ2) is 22.6. The summed E-state index contributed by atoms with van der Waals surface area (Å²) in [6, 6.07) is 0. The Labute approximate surface area is 39.7 Å². The van der Waals surface area contributed by atoms with Gasteiger partial charge >= 0.3 is 0 Å². The molecular weight excluding hydrogens is 79.1 g/mol. The molecule has 0 aliphatic carbocycles. The van der Waals surface area contributed by atoms with E-state index in [4.69, 9.17) is 0 Å². The van der Waals surface area contributed by atoms with E-state index in [0.29, 0.717) is 0 Å². The molecule has 0 bridgehead atoms. The summed E-state index contributed by atoms with van der Waals surface area (Å²) in [5, 5.41) is 0. The molecule has 0 unspecified atom stereocenters. The molecule has 0 radical (unpaired) electrons. The molecule has 0 heterocycles. The van der Waals surface area contributed by atoms with Gasteiger partial charge < -0.3 is 0 Å². The molecule has 0 N–H and O–H groups in total. The lowest BCUT2D eigenvalue weighted by atomic mass is 10.7. The van der Waals surface area contributed by atoms with E-state index in [1.807, 2.05) is 0 Å². The number of alkyl halides is 1. The van der Waals surface area contributed by atoms with E-state index in [-0.39, 0.29) is 14.9 Å². The minimum absolute atomic E-state index is 0. The van der Waals surface area contributed by atoms with Crippen molar-refractivity contribution in [2.24, 2.45) is 0 Å². The van der Waals surface area contributed by atoms with Crippen molar-refractivity contribution in [2.75, 3.05) is 6.67 Å². The first-order chi connectivity index (χ1) is 1.91. The minimum Gasteiger partial charge on any atom is -0.247 e. The summed E-state index contributed by atoms with van der Waals surface area (Å²) in [6.45, 7) is 2.69. The molecule has 0 rings (SSSR count). The number of halogens is 1. The van der Waals surface area contributed by atoms with Crippen molar-refractivity contribution >= 4 is 0 Å². The Bertz CT molecular complexity index is 17.9. The number of allylic oxidation sites excluding steroid dienone is 1. The SMILES string of the molecule is C.C.C=CCF. The highest BCUT2D eigenvalue weighted by atomic mass is 19.1. The van der Waals surface area contributed by atoms with Crippen LogP contribution in [0.3, 0.4) is 0 Å². The van der Waals surface area contributed by atoms with E-state index < -0.39 is 6.67 Å². The van der Waals surface area contributed by atoms with E-state index in [1.54, 1.807) is 0 Å². The summed E-state index contributed by atoms with van der Waals surface area (Å²) in [5.41, 5.74) is 0. The quantitative estimate of drug-likeness (QED) is 0.436. The lowest BCUT2D eigenvalue weighted by Crippen LogP contribution is -1.48. The fourth-order valence-corrected chi connectivity index (χ4v) is 0. The van der Waals surface area contributed by atoms with Crippen LogP contribution >= 0.6 is 0 Å². The molecular formula is C5H13F. The molecule has 0 spiro atoms. The Morgan fingerprint density at radius 3 is 1.67 bits per heavy atom. The Hall–Kier alpha value is -0.330. The maximum Gasteiger partial charge on any atom is 0.107 e. The summed E-state index contributed by atoms with van der Waals surface area (Å²) >= 11 is 0. The molecule has 0 atom stereocenters. The zero-order valence-corrected chi connectivity index (χ0v) is 2.37. The van der Waals surface area contributed by atoms with Gasteiger partial charge in [-0.2, -0.15) is 0 Å². The molecule has 6 heavy (non-hydrogen) atoms. The van der Waals surface area contributed by atoms with Crippen molar-refractivity contribution in [3.63, 3.8) is 0 Å².